The molecule has 1 aliphatic heterocycles. The number of nitrogens with zero attached hydrogens (tertiary/aromatic N) is 1. The predicted octanol–water partition coefficient (Wildman–Crippen LogP) is 5.22. The van der Waals surface area contributed by atoms with Gasteiger partial charge in [0.15, 0.2) is 0 Å². The number of amides is 1. The molecule has 1 N–H and O–H groups in total. The van der Waals surface area contributed by atoms with Crippen molar-refractivity contribution >= 4 is 5.91 Å². The van der Waals surface area contributed by atoms with E-state index in [2.05, 4.69) is 29.3 Å². The van der Waals surface area contributed by atoms with E-state index in [4.69, 9.17) is 9.47 Å². The standard InChI is InChI=1S/C26H36N2O3/c1-3-4-8-19-31-24-15-11-22(12-16-24)26(29)27-20-25(28-17-6-5-7-18-28)21-9-13-23(30-2)14-10-21/h9-16,25H,3-8,17-20H2,1-2H3,(H,27,29). The number of benzene rings is 2. The van der Waals surface area contributed by atoms with Crippen LogP contribution in [0, 0.1) is 0 Å². The highest BCUT2D eigenvalue weighted by Gasteiger charge is 2.23. The second kappa shape index (κ2) is 12.4. The van der Waals surface area contributed by atoms with E-state index in [-0.39, 0.29) is 11.9 Å². The third-order valence-electron chi connectivity index (χ3n) is 5.92. The van der Waals surface area contributed by atoms with Crippen molar-refractivity contribution in [3.8, 4) is 11.5 Å². The molecule has 1 atom stereocenters. The number of likely N-dealkylation sites (tertiary alicyclic amines) is 1. The Morgan fingerprint density at radius 1 is 0.968 bits per heavy atom. The topological polar surface area (TPSA) is 50.8 Å². The van der Waals surface area contributed by atoms with Gasteiger partial charge in [0, 0.05) is 12.1 Å². The smallest absolute Gasteiger partial charge is 0.251 e. The number of hydrogen-bond donors (Lipinski definition) is 1. The molecule has 1 unspecified atom stereocenters. The number of piperidine rings is 1. The Bertz CT molecular complexity index is 783. The van der Waals surface area contributed by atoms with Crippen molar-refractivity contribution in [1.29, 1.82) is 0 Å². The first-order chi connectivity index (χ1) is 15.2. The lowest BCUT2D eigenvalue weighted by Gasteiger charge is -2.35. The quantitative estimate of drug-likeness (QED) is 0.503. The molecule has 0 saturated carbocycles. The van der Waals surface area contributed by atoms with Crippen molar-refractivity contribution in [2.45, 2.75) is 51.5 Å². The van der Waals surface area contributed by atoms with Crippen molar-refractivity contribution < 1.29 is 14.3 Å². The minimum Gasteiger partial charge on any atom is -0.497 e. The van der Waals surface area contributed by atoms with Gasteiger partial charge in [0.1, 0.15) is 11.5 Å². The fraction of sp³-hybridized carbons (Fsp3) is 0.500. The van der Waals surface area contributed by atoms with Crippen molar-refractivity contribution in [3.63, 3.8) is 0 Å². The Balaban J connectivity index is 1.60. The molecule has 1 amide bonds. The molecule has 0 aromatic heterocycles. The zero-order valence-corrected chi connectivity index (χ0v) is 18.9. The van der Waals surface area contributed by atoms with Gasteiger partial charge in [0.2, 0.25) is 0 Å². The van der Waals surface area contributed by atoms with E-state index in [1.165, 1.54) is 37.7 Å². The average Bonchev–Trinajstić information content (AvgIpc) is 2.83. The maximum absolute atomic E-state index is 12.8. The zero-order chi connectivity index (χ0) is 21.9. The van der Waals surface area contributed by atoms with Crippen LogP contribution in [0.5, 0.6) is 11.5 Å². The van der Waals surface area contributed by atoms with Gasteiger partial charge < -0.3 is 14.8 Å². The fourth-order valence-electron chi connectivity index (χ4n) is 4.05. The van der Waals surface area contributed by atoms with Crippen LogP contribution in [0.25, 0.3) is 0 Å². The summed E-state index contributed by atoms with van der Waals surface area (Å²) in [6.07, 6.45) is 7.11. The van der Waals surface area contributed by atoms with Gasteiger partial charge in [-0.15, -0.1) is 0 Å². The van der Waals surface area contributed by atoms with Gasteiger partial charge in [-0.05, 0) is 74.3 Å². The average molecular weight is 425 g/mol. The lowest BCUT2D eigenvalue weighted by Crippen LogP contribution is -2.40. The molecule has 0 aliphatic carbocycles. The number of hydrogen-bond acceptors (Lipinski definition) is 4. The van der Waals surface area contributed by atoms with Gasteiger partial charge in [0.25, 0.3) is 5.91 Å². The Morgan fingerprint density at radius 2 is 1.65 bits per heavy atom. The number of ether oxygens (including phenoxy) is 2. The Kier molecular flexibility index (Phi) is 9.22. The zero-order valence-electron chi connectivity index (χ0n) is 18.9. The molecule has 1 fully saturated rings. The Morgan fingerprint density at radius 3 is 2.29 bits per heavy atom. The molecule has 3 rings (SSSR count). The minimum absolute atomic E-state index is 0.0481. The summed E-state index contributed by atoms with van der Waals surface area (Å²) in [5.74, 6) is 1.62. The Labute approximate surface area is 186 Å². The number of unbranched alkanes of at least 4 members (excludes halogenated alkanes) is 2. The summed E-state index contributed by atoms with van der Waals surface area (Å²) in [4.78, 5) is 15.3. The fourth-order valence-corrected chi connectivity index (χ4v) is 4.05. The monoisotopic (exact) mass is 424 g/mol. The van der Waals surface area contributed by atoms with Crippen molar-refractivity contribution in [3.05, 3.63) is 59.7 Å². The van der Waals surface area contributed by atoms with Crippen LogP contribution in [0.4, 0.5) is 0 Å². The predicted molar refractivity (Wildman–Crippen MR) is 125 cm³/mol. The largest absolute Gasteiger partial charge is 0.497 e. The van der Waals surface area contributed by atoms with E-state index in [1.807, 2.05) is 36.4 Å². The number of nitrogens with one attached hydrogen (secondary N) is 1. The number of rotatable bonds is 11. The summed E-state index contributed by atoms with van der Waals surface area (Å²) in [5, 5.41) is 3.15. The van der Waals surface area contributed by atoms with Crippen LogP contribution in [0.2, 0.25) is 0 Å². The van der Waals surface area contributed by atoms with Crippen molar-refractivity contribution in [1.82, 2.24) is 10.2 Å². The summed E-state index contributed by atoms with van der Waals surface area (Å²) in [7, 11) is 1.68. The van der Waals surface area contributed by atoms with Gasteiger partial charge >= 0.3 is 0 Å². The van der Waals surface area contributed by atoms with Crippen LogP contribution >= 0.6 is 0 Å². The van der Waals surface area contributed by atoms with Gasteiger partial charge in [-0.25, -0.2) is 0 Å². The summed E-state index contributed by atoms with van der Waals surface area (Å²) in [6.45, 7) is 5.62. The van der Waals surface area contributed by atoms with E-state index >= 15 is 0 Å². The maximum atomic E-state index is 12.8. The van der Waals surface area contributed by atoms with Crippen LogP contribution in [0.3, 0.4) is 0 Å². The van der Waals surface area contributed by atoms with Crippen LogP contribution in [-0.4, -0.2) is 44.2 Å². The molecular formula is C26H36N2O3. The van der Waals surface area contributed by atoms with Crippen molar-refractivity contribution in [2.75, 3.05) is 33.4 Å². The second-order valence-corrected chi connectivity index (χ2v) is 8.18. The molecule has 1 heterocycles. The van der Waals surface area contributed by atoms with E-state index in [1.54, 1.807) is 7.11 Å². The molecule has 31 heavy (non-hydrogen) atoms. The van der Waals surface area contributed by atoms with Gasteiger partial charge in [0.05, 0.1) is 19.8 Å². The van der Waals surface area contributed by atoms with E-state index in [0.29, 0.717) is 12.1 Å². The summed E-state index contributed by atoms with van der Waals surface area (Å²) >= 11 is 0. The number of carbonyl (C=O) groups is 1. The molecular weight excluding hydrogens is 388 g/mol. The van der Waals surface area contributed by atoms with Crippen LogP contribution in [0.1, 0.15) is 67.4 Å². The molecule has 168 valence electrons. The third kappa shape index (κ3) is 7.00. The van der Waals surface area contributed by atoms with Gasteiger partial charge in [-0.3, -0.25) is 9.69 Å². The molecule has 2 aromatic rings. The van der Waals surface area contributed by atoms with E-state index in [9.17, 15) is 4.79 Å². The SMILES string of the molecule is CCCCCOc1ccc(C(=O)NCC(c2ccc(OC)cc2)N2CCCCC2)cc1. The van der Waals surface area contributed by atoms with Gasteiger partial charge in [-0.1, -0.05) is 38.3 Å². The lowest BCUT2D eigenvalue weighted by atomic mass is 10.0. The minimum atomic E-state index is -0.0481. The molecule has 0 bridgehead atoms. The number of methoxy groups -OCH3 is 1. The van der Waals surface area contributed by atoms with Gasteiger partial charge in [-0.2, -0.15) is 0 Å². The van der Waals surface area contributed by atoms with E-state index < -0.39 is 0 Å². The van der Waals surface area contributed by atoms with E-state index in [0.717, 1.165) is 37.6 Å². The lowest BCUT2D eigenvalue weighted by molar-refractivity contribution is 0.0924. The second-order valence-electron chi connectivity index (χ2n) is 8.18. The molecule has 5 heteroatoms. The van der Waals surface area contributed by atoms with Crippen LogP contribution in [-0.2, 0) is 0 Å². The first-order valence-corrected chi connectivity index (χ1v) is 11.6. The molecule has 1 saturated heterocycles. The highest BCUT2D eigenvalue weighted by molar-refractivity contribution is 5.94. The maximum Gasteiger partial charge on any atom is 0.251 e. The highest BCUT2D eigenvalue weighted by atomic mass is 16.5. The molecule has 5 nitrogen and oxygen atoms in total. The molecule has 0 radical (unpaired) electrons. The summed E-state index contributed by atoms with van der Waals surface area (Å²) in [5.41, 5.74) is 1.87. The summed E-state index contributed by atoms with van der Waals surface area (Å²) in [6, 6.07) is 15.8. The third-order valence-corrected chi connectivity index (χ3v) is 5.92. The normalized spacial score (nSPS) is 15.3. The van der Waals surface area contributed by atoms with Crippen LogP contribution < -0.4 is 14.8 Å². The number of carbonyl (C=O) groups excluding carboxylic acids is 1. The highest BCUT2D eigenvalue weighted by Crippen LogP contribution is 2.26. The Hall–Kier alpha value is -2.53. The molecule has 2 aromatic carbocycles. The van der Waals surface area contributed by atoms with Crippen molar-refractivity contribution in [2.24, 2.45) is 0 Å². The first-order valence-electron chi connectivity index (χ1n) is 11.6. The first kappa shape index (κ1) is 23.1. The van der Waals surface area contributed by atoms with Crippen LogP contribution in [0.15, 0.2) is 48.5 Å². The molecule has 1 aliphatic rings. The molecule has 0 spiro atoms. The summed E-state index contributed by atoms with van der Waals surface area (Å²) < 4.78 is 11.1.